The second-order valence-electron chi connectivity index (χ2n) is 7.12. The van der Waals surface area contributed by atoms with Gasteiger partial charge in [0.25, 0.3) is 0 Å². The van der Waals surface area contributed by atoms with E-state index in [4.69, 9.17) is 11.6 Å². The Morgan fingerprint density at radius 2 is 1.85 bits per heavy atom. The van der Waals surface area contributed by atoms with Crippen LogP contribution in [0.25, 0.3) is 0 Å². The highest BCUT2D eigenvalue weighted by atomic mass is 35.5. The molecule has 1 unspecified atom stereocenters. The van der Waals surface area contributed by atoms with Gasteiger partial charge in [0.1, 0.15) is 0 Å². The number of anilines is 1. The zero-order chi connectivity index (χ0) is 18.5. The van der Waals surface area contributed by atoms with E-state index in [0.717, 1.165) is 62.6 Å². The molecule has 0 radical (unpaired) electrons. The first-order chi connectivity index (χ1) is 12.5. The van der Waals surface area contributed by atoms with Crippen LogP contribution in [0.4, 0.5) is 10.5 Å². The highest BCUT2D eigenvalue weighted by Gasteiger charge is 2.27. The van der Waals surface area contributed by atoms with Crippen molar-refractivity contribution in [3.63, 3.8) is 0 Å². The van der Waals surface area contributed by atoms with Crippen LogP contribution in [0, 0.1) is 0 Å². The molecule has 142 valence electrons. The number of urea groups is 1. The van der Waals surface area contributed by atoms with Crippen LogP contribution in [0.3, 0.4) is 0 Å². The van der Waals surface area contributed by atoms with Gasteiger partial charge in [0.05, 0.1) is 6.04 Å². The summed E-state index contributed by atoms with van der Waals surface area (Å²) < 4.78 is 0. The molecule has 2 fully saturated rings. The number of benzene rings is 1. The second-order valence-corrected chi connectivity index (χ2v) is 7.56. The fourth-order valence-electron chi connectivity index (χ4n) is 3.71. The maximum absolute atomic E-state index is 12.4. The van der Waals surface area contributed by atoms with Crippen molar-refractivity contribution < 1.29 is 9.59 Å². The Morgan fingerprint density at radius 3 is 2.50 bits per heavy atom. The van der Waals surface area contributed by atoms with Gasteiger partial charge in [-0.2, -0.15) is 0 Å². The van der Waals surface area contributed by atoms with E-state index in [9.17, 15) is 9.59 Å². The molecule has 1 aromatic carbocycles. The van der Waals surface area contributed by atoms with Crippen LogP contribution in [0.5, 0.6) is 0 Å². The Bertz CT molecular complexity index is 640. The fourth-order valence-corrected chi connectivity index (χ4v) is 3.90. The Hall–Kier alpha value is -1.79. The molecule has 0 aromatic heterocycles. The summed E-state index contributed by atoms with van der Waals surface area (Å²) in [7, 11) is 0. The number of imide groups is 1. The van der Waals surface area contributed by atoms with Gasteiger partial charge in [-0.15, -0.1) is 0 Å². The number of hydrogen-bond acceptors (Lipinski definition) is 4. The predicted octanol–water partition coefficient (Wildman–Crippen LogP) is 2.62. The molecule has 2 aliphatic rings. The van der Waals surface area contributed by atoms with E-state index in [0.29, 0.717) is 0 Å². The van der Waals surface area contributed by atoms with Crippen LogP contribution in [0.15, 0.2) is 24.3 Å². The SMILES string of the molecule is CC(C(=O)NC(=O)NC1CCCC1)N1CCN(c2cccc(Cl)c2)CC1. The molecular weight excluding hydrogens is 352 g/mol. The summed E-state index contributed by atoms with van der Waals surface area (Å²) in [4.78, 5) is 28.7. The van der Waals surface area contributed by atoms with Crippen molar-refractivity contribution in [3.05, 3.63) is 29.3 Å². The molecular formula is C19H27ClN4O2. The van der Waals surface area contributed by atoms with Crippen molar-refractivity contribution in [1.82, 2.24) is 15.5 Å². The summed E-state index contributed by atoms with van der Waals surface area (Å²) in [6.07, 6.45) is 4.30. The van der Waals surface area contributed by atoms with Crippen LogP contribution in [-0.2, 0) is 4.79 Å². The van der Waals surface area contributed by atoms with Crippen LogP contribution in [0.1, 0.15) is 32.6 Å². The number of nitrogens with zero attached hydrogens (tertiary/aromatic N) is 2. The molecule has 1 aliphatic carbocycles. The first-order valence-electron chi connectivity index (χ1n) is 9.39. The van der Waals surface area contributed by atoms with E-state index >= 15 is 0 Å². The van der Waals surface area contributed by atoms with E-state index in [-0.39, 0.29) is 24.0 Å². The Morgan fingerprint density at radius 1 is 1.15 bits per heavy atom. The molecule has 7 heteroatoms. The molecule has 0 spiro atoms. The summed E-state index contributed by atoms with van der Waals surface area (Å²) in [5.41, 5.74) is 1.10. The minimum absolute atomic E-state index is 0.208. The molecule has 6 nitrogen and oxygen atoms in total. The molecule has 0 bridgehead atoms. The summed E-state index contributed by atoms with van der Waals surface area (Å²) in [5, 5.41) is 6.11. The van der Waals surface area contributed by atoms with Crippen molar-refractivity contribution in [2.24, 2.45) is 0 Å². The van der Waals surface area contributed by atoms with E-state index in [1.54, 1.807) is 0 Å². The Labute approximate surface area is 159 Å². The monoisotopic (exact) mass is 378 g/mol. The number of piperazine rings is 1. The smallest absolute Gasteiger partial charge is 0.321 e. The van der Waals surface area contributed by atoms with Gasteiger partial charge in [-0.25, -0.2) is 4.79 Å². The summed E-state index contributed by atoms with van der Waals surface area (Å²) >= 11 is 6.07. The largest absolute Gasteiger partial charge is 0.369 e. The van der Waals surface area contributed by atoms with Gasteiger partial charge in [0.2, 0.25) is 5.91 Å². The number of carbonyl (C=O) groups excluding carboxylic acids is 2. The van der Waals surface area contributed by atoms with Crippen molar-refractivity contribution >= 4 is 29.2 Å². The summed E-state index contributed by atoms with van der Waals surface area (Å²) in [6.45, 7) is 5.04. The van der Waals surface area contributed by atoms with Gasteiger partial charge < -0.3 is 10.2 Å². The number of halogens is 1. The highest BCUT2D eigenvalue weighted by molar-refractivity contribution is 6.30. The number of nitrogens with one attached hydrogen (secondary N) is 2. The number of amides is 3. The predicted molar refractivity (Wildman–Crippen MR) is 104 cm³/mol. The second kappa shape index (κ2) is 8.73. The lowest BCUT2D eigenvalue weighted by Crippen LogP contribution is -2.56. The standard InChI is InChI=1S/C19H27ClN4O2/c1-14(18(25)22-19(26)21-16-6-2-3-7-16)23-9-11-24(12-10-23)17-8-4-5-15(20)13-17/h4-5,8,13-14,16H,2-3,6-7,9-12H2,1H3,(H2,21,22,25,26). The van der Waals surface area contributed by atoms with Gasteiger partial charge in [-0.3, -0.25) is 15.0 Å². The topological polar surface area (TPSA) is 64.7 Å². The van der Waals surface area contributed by atoms with Crippen molar-refractivity contribution in [1.29, 1.82) is 0 Å². The molecule has 1 aromatic rings. The molecule has 3 rings (SSSR count). The quantitative estimate of drug-likeness (QED) is 0.845. The summed E-state index contributed by atoms with van der Waals surface area (Å²) in [5.74, 6) is -0.239. The molecule has 1 atom stereocenters. The summed E-state index contributed by atoms with van der Waals surface area (Å²) in [6, 6.07) is 7.33. The normalized spacial score (nSPS) is 20.0. The van der Waals surface area contributed by atoms with Crippen molar-refractivity contribution in [3.8, 4) is 0 Å². The maximum atomic E-state index is 12.4. The van der Waals surface area contributed by atoms with Gasteiger partial charge in [0.15, 0.2) is 0 Å². The molecule has 3 amide bonds. The average molecular weight is 379 g/mol. The van der Waals surface area contributed by atoms with Crippen LogP contribution in [-0.4, -0.2) is 55.1 Å². The molecule has 1 saturated heterocycles. The third-order valence-electron chi connectivity index (χ3n) is 5.34. The van der Waals surface area contributed by atoms with E-state index < -0.39 is 0 Å². The Kier molecular flexibility index (Phi) is 6.38. The van der Waals surface area contributed by atoms with E-state index in [1.807, 2.05) is 31.2 Å². The van der Waals surface area contributed by atoms with Crippen LogP contribution >= 0.6 is 11.6 Å². The zero-order valence-corrected chi connectivity index (χ0v) is 16.0. The highest BCUT2D eigenvalue weighted by Crippen LogP contribution is 2.21. The lowest BCUT2D eigenvalue weighted by molar-refractivity contribution is -0.124. The number of carbonyl (C=O) groups is 2. The van der Waals surface area contributed by atoms with E-state index in [2.05, 4.69) is 20.4 Å². The zero-order valence-electron chi connectivity index (χ0n) is 15.2. The van der Waals surface area contributed by atoms with Crippen LogP contribution in [0.2, 0.25) is 5.02 Å². The van der Waals surface area contributed by atoms with Gasteiger partial charge in [0, 0.05) is 42.9 Å². The number of hydrogen-bond donors (Lipinski definition) is 2. The van der Waals surface area contributed by atoms with E-state index in [1.165, 1.54) is 0 Å². The first-order valence-corrected chi connectivity index (χ1v) is 9.76. The maximum Gasteiger partial charge on any atom is 0.321 e. The molecule has 1 saturated carbocycles. The average Bonchev–Trinajstić information content (AvgIpc) is 3.14. The van der Waals surface area contributed by atoms with Crippen molar-refractivity contribution in [2.45, 2.75) is 44.7 Å². The minimum atomic E-state index is -0.369. The van der Waals surface area contributed by atoms with Crippen molar-refractivity contribution in [2.75, 3.05) is 31.1 Å². The lowest BCUT2D eigenvalue weighted by Gasteiger charge is -2.38. The van der Waals surface area contributed by atoms with Gasteiger partial charge in [-0.05, 0) is 38.0 Å². The first kappa shape index (κ1) is 19.0. The molecule has 1 aliphatic heterocycles. The molecule has 2 N–H and O–H groups in total. The fraction of sp³-hybridized carbons (Fsp3) is 0.579. The lowest BCUT2D eigenvalue weighted by atomic mass is 10.2. The minimum Gasteiger partial charge on any atom is -0.369 e. The Balaban J connectivity index is 1.45. The third kappa shape index (κ3) is 4.89. The molecule has 1 heterocycles. The van der Waals surface area contributed by atoms with Crippen LogP contribution < -0.4 is 15.5 Å². The number of rotatable bonds is 4. The molecule has 26 heavy (non-hydrogen) atoms. The van der Waals surface area contributed by atoms with Gasteiger partial charge >= 0.3 is 6.03 Å². The third-order valence-corrected chi connectivity index (χ3v) is 5.58. The van der Waals surface area contributed by atoms with Gasteiger partial charge in [-0.1, -0.05) is 30.5 Å².